The van der Waals surface area contributed by atoms with Gasteiger partial charge in [-0.2, -0.15) is 0 Å². The molecule has 2 unspecified atom stereocenters. The minimum Gasteiger partial charge on any atom is -0.508 e. The van der Waals surface area contributed by atoms with E-state index in [2.05, 4.69) is 22.9 Å². The lowest BCUT2D eigenvalue weighted by Gasteiger charge is -2.18. The summed E-state index contributed by atoms with van der Waals surface area (Å²) in [6.45, 7) is 4.10. The Morgan fingerprint density at radius 2 is 1.80 bits per heavy atom. The van der Waals surface area contributed by atoms with Gasteiger partial charge in [0.25, 0.3) is 11.8 Å². The Morgan fingerprint density at radius 1 is 1.02 bits per heavy atom. The van der Waals surface area contributed by atoms with Crippen LogP contribution in [0.2, 0.25) is 0 Å². The molecule has 0 bridgehead atoms. The normalized spacial score (nSPS) is 14.6. The fourth-order valence-electron chi connectivity index (χ4n) is 5.60. The second-order valence-corrected chi connectivity index (χ2v) is 14.2. The van der Waals surface area contributed by atoms with E-state index in [1.807, 2.05) is 13.0 Å². The van der Waals surface area contributed by atoms with E-state index in [9.17, 15) is 24.3 Å². The van der Waals surface area contributed by atoms with Crippen molar-refractivity contribution in [1.82, 2.24) is 5.32 Å². The summed E-state index contributed by atoms with van der Waals surface area (Å²) in [5, 5.41) is 18.5. The van der Waals surface area contributed by atoms with Crippen LogP contribution in [0, 0.1) is 5.92 Å². The molecule has 0 saturated heterocycles. The third-order valence-electron chi connectivity index (χ3n) is 8.22. The van der Waals surface area contributed by atoms with Crippen LogP contribution >= 0.6 is 23.1 Å². The number of hydrogen-bond acceptors (Lipinski definition) is 9. The number of esters is 1. The third kappa shape index (κ3) is 8.74. The molecule has 1 heterocycles. The fourth-order valence-corrected chi connectivity index (χ4v) is 8.01. The number of ether oxygens (including phenoxy) is 2. The van der Waals surface area contributed by atoms with Crippen LogP contribution in [0.3, 0.4) is 0 Å². The molecule has 1 aliphatic carbocycles. The minimum atomic E-state index is -0.595. The van der Waals surface area contributed by atoms with Gasteiger partial charge >= 0.3 is 5.97 Å². The number of amides is 3. The average molecular weight is 714 g/mol. The Kier molecular flexibility index (Phi) is 12.0. The maximum atomic E-state index is 13.7. The van der Waals surface area contributed by atoms with E-state index >= 15 is 0 Å². The van der Waals surface area contributed by atoms with Crippen molar-refractivity contribution >= 4 is 63.6 Å². The maximum Gasteiger partial charge on any atom is 0.341 e. The highest BCUT2D eigenvalue weighted by molar-refractivity contribution is 8.00. The number of hydrogen-bond donors (Lipinski definition) is 4. The molecule has 0 saturated carbocycles. The van der Waals surface area contributed by atoms with Crippen molar-refractivity contribution in [1.29, 1.82) is 0 Å². The summed E-state index contributed by atoms with van der Waals surface area (Å²) < 4.78 is 10.5. The molecule has 260 valence electrons. The van der Waals surface area contributed by atoms with E-state index in [4.69, 9.17) is 9.47 Å². The molecule has 0 spiro atoms. The van der Waals surface area contributed by atoms with Crippen LogP contribution in [-0.2, 0) is 27.2 Å². The van der Waals surface area contributed by atoms with Crippen LogP contribution < -0.4 is 20.7 Å². The number of aromatic hydroxyl groups is 1. The number of rotatable bonds is 12. The number of fused-ring (bicyclic) bond motifs is 1. The summed E-state index contributed by atoms with van der Waals surface area (Å²) in [7, 11) is 2.79. The summed E-state index contributed by atoms with van der Waals surface area (Å²) in [4.78, 5) is 55.0. The van der Waals surface area contributed by atoms with Gasteiger partial charge < -0.3 is 30.5 Å². The Labute approximate surface area is 299 Å². The Morgan fingerprint density at radius 3 is 2.52 bits per heavy atom. The summed E-state index contributed by atoms with van der Waals surface area (Å²) in [6, 6.07) is 20.0. The van der Waals surface area contributed by atoms with E-state index < -0.39 is 23.0 Å². The van der Waals surface area contributed by atoms with Gasteiger partial charge in [0.1, 0.15) is 22.2 Å². The van der Waals surface area contributed by atoms with Gasteiger partial charge in [0, 0.05) is 32.7 Å². The molecular formula is C38H39N3O7S2. The van der Waals surface area contributed by atoms with E-state index in [0.717, 1.165) is 34.6 Å². The lowest BCUT2D eigenvalue weighted by atomic mass is 9.88. The van der Waals surface area contributed by atoms with Crippen molar-refractivity contribution in [2.75, 3.05) is 24.9 Å². The minimum absolute atomic E-state index is 0.0141. The zero-order valence-corrected chi connectivity index (χ0v) is 29.8. The van der Waals surface area contributed by atoms with Crippen molar-refractivity contribution in [3.05, 3.63) is 106 Å². The monoisotopic (exact) mass is 713 g/mol. The first-order chi connectivity index (χ1) is 24.1. The molecular weight excluding hydrogens is 675 g/mol. The highest BCUT2D eigenvalue weighted by atomic mass is 32.2. The van der Waals surface area contributed by atoms with Crippen molar-refractivity contribution in [3.63, 3.8) is 0 Å². The standard InChI is InChI=1S/C38H39N3O7S2/c1-5-31(36(45)41-37-33(38(46)48-4)28-17-14-22(2)18-32(28)50-37)49-27-13-9-12-25(20-27)39-35(44)29(40-34(43)23-10-7-6-8-11-23)19-24-15-16-26(42)21-30(24)47-3/h6-13,15-16,19-22,31,42H,5,14,17-18H2,1-4H3,(H,39,44)(H,40,43)(H,41,45)/b29-19+. The number of benzene rings is 3. The van der Waals surface area contributed by atoms with Crippen LogP contribution in [0.25, 0.3) is 6.08 Å². The Balaban J connectivity index is 1.34. The first-order valence-corrected chi connectivity index (χ1v) is 17.9. The lowest BCUT2D eigenvalue weighted by Crippen LogP contribution is -2.30. The van der Waals surface area contributed by atoms with Gasteiger partial charge in [-0.15, -0.1) is 23.1 Å². The third-order valence-corrected chi connectivity index (χ3v) is 10.7. The molecule has 1 aromatic heterocycles. The largest absolute Gasteiger partial charge is 0.508 e. The van der Waals surface area contributed by atoms with Gasteiger partial charge in [-0.25, -0.2) is 4.79 Å². The number of phenolic OH excluding ortho intramolecular Hbond substituents is 1. The molecule has 50 heavy (non-hydrogen) atoms. The number of anilines is 2. The molecule has 10 nitrogen and oxygen atoms in total. The first kappa shape index (κ1) is 36.2. The van der Waals surface area contributed by atoms with E-state index in [1.54, 1.807) is 54.6 Å². The van der Waals surface area contributed by atoms with Crippen LogP contribution in [0.5, 0.6) is 11.5 Å². The predicted molar refractivity (Wildman–Crippen MR) is 197 cm³/mol. The molecule has 3 aromatic carbocycles. The van der Waals surface area contributed by atoms with Gasteiger partial charge in [-0.1, -0.05) is 38.1 Å². The number of thiophene rings is 1. The zero-order valence-electron chi connectivity index (χ0n) is 28.2. The smallest absolute Gasteiger partial charge is 0.341 e. The second-order valence-electron chi connectivity index (χ2n) is 11.8. The van der Waals surface area contributed by atoms with E-state index in [1.165, 1.54) is 55.5 Å². The molecule has 0 aliphatic heterocycles. The van der Waals surface area contributed by atoms with Crippen LogP contribution in [0.4, 0.5) is 10.7 Å². The summed E-state index contributed by atoms with van der Waals surface area (Å²) in [5.41, 5.74) is 2.63. The molecule has 2 atom stereocenters. The highest BCUT2D eigenvalue weighted by Gasteiger charge is 2.30. The maximum absolute atomic E-state index is 13.7. The highest BCUT2D eigenvalue weighted by Crippen LogP contribution is 2.40. The van der Waals surface area contributed by atoms with Crippen molar-refractivity contribution in [2.24, 2.45) is 5.92 Å². The first-order valence-electron chi connectivity index (χ1n) is 16.2. The molecule has 12 heteroatoms. The number of nitrogens with one attached hydrogen (secondary N) is 3. The number of carbonyl (C=O) groups is 4. The van der Waals surface area contributed by atoms with Gasteiger partial charge in [0.2, 0.25) is 5.91 Å². The number of phenols is 1. The van der Waals surface area contributed by atoms with Gasteiger partial charge in [0.05, 0.1) is 25.0 Å². The van der Waals surface area contributed by atoms with Crippen LogP contribution in [0.15, 0.2) is 83.4 Å². The Bertz CT molecular complexity index is 1920. The van der Waals surface area contributed by atoms with Gasteiger partial charge in [-0.05, 0) is 85.7 Å². The van der Waals surface area contributed by atoms with E-state index in [0.29, 0.717) is 45.5 Å². The number of thioether (sulfide) groups is 1. The van der Waals surface area contributed by atoms with Gasteiger partial charge in [-0.3, -0.25) is 14.4 Å². The molecule has 3 amide bonds. The molecule has 1 aliphatic rings. The van der Waals surface area contributed by atoms with Crippen LogP contribution in [-0.4, -0.2) is 48.3 Å². The van der Waals surface area contributed by atoms with E-state index in [-0.39, 0.29) is 17.4 Å². The van der Waals surface area contributed by atoms with Gasteiger partial charge in [0.15, 0.2) is 0 Å². The molecule has 0 fully saturated rings. The van der Waals surface area contributed by atoms with Crippen molar-refractivity contribution < 1.29 is 33.8 Å². The van der Waals surface area contributed by atoms with Crippen molar-refractivity contribution in [2.45, 2.75) is 49.7 Å². The average Bonchev–Trinajstić information content (AvgIpc) is 3.47. The quantitative estimate of drug-likeness (QED) is 0.0681. The summed E-state index contributed by atoms with van der Waals surface area (Å²) in [6.07, 6.45) is 4.58. The summed E-state index contributed by atoms with van der Waals surface area (Å²) >= 11 is 2.78. The zero-order chi connectivity index (χ0) is 35.8. The molecule has 0 radical (unpaired) electrons. The summed E-state index contributed by atoms with van der Waals surface area (Å²) in [5.74, 6) is -0.967. The molecule has 5 rings (SSSR count). The lowest BCUT2D eigenvalue weighted by molar-refractivity contribution is -0.116. The second kappa shape index (κ2) is 16.6. The predicted octanol–water partition coefficient (Wildman–Crippen LogP) is 7.29. The number of carbonyl (C=O) groups excluding carboxylic acids is 4. The fraction of sp³-hybridized carbons (Fsp3) is 0.263. The number of methoxy groups -OCH3 is 2. The van der Waals surface area contributed by atoms with Crippen molar-refractivity contribution in [3.8, 4) is 11.5 Å². The van der Waals surface area contributed by atoms with Crippen LogP contribution in [0.1, 0.15) is 63.4 Å². The SMILES string of the molecule is CCC(Sc1cccc(NC(=O)/C(=C\c2ccc(O)cc2OC)NC(=O)c2ccccc2)c1)C(=O)Nc1sc2c(c1C(=O)OC)CCC(C)C2. The topological polar surface area (TPSA) is 143 Å². The molecule has 4 aromatic rings. The Hall–Kier alpha value is -5.07. The molecule has 4 N–H and O–H groups in total.